The van der Waals surface area contributed by atoms with Crippen LogP contribution in [0.25, 0.3) is 55.7 Å². The summed E-state index contributed by atoms with van der Waals surface area (Å²) in [5.74, 6) is 0.0561. The molecule has 0 saturated carbocycles. The van der Waals surface area contributed by atoms with Gasteiger partial charge in [0.25, 0.3) is 0 Å². The molecule has 6 rings (SSSR count). The Morgan fingerprint density at radius 3 is 2.67 bits per heavy atom. The summed E-state index contributed by atoms with van der Waals surface area (Å²) in [6.07, 6.45) is 7.02. The summed E-state index contributed by atoms with van der Waals surface area (Å²) in [4.78, 5) is 16.6. The number of rotatable bonds is 4. The molecule has 0 aliphatic rings. The van der Waals surface area contributed by atoms with Crippen LogP contribution in [0, 0.1) is 5.82 Å². The van der Waals surface area contributed by atoms with Crippen molar-refractivity contribution in [3.05, 3.63) is 79.1 Å². The van der Waals surface area contributed by atoms with Crippen LogP contribution in [-0.4, -0.2) is 37.2 Å². The second-order valence-electron chi connectivity index (χ2n) is 7.62. The smallest absolute Gasteiger partial charge is 0.181 e. The van der Waals surface area contributed by atoms with Crippen LogP contribution in [0.2, 0.25) is 0 Å². The average molecular weight is 436 g/mol. The van der Waals surface area contributed by atoms with Crippen LogP contribution in [0.15, 0.2) is 73.3 Å². The number of aromatic amines is 2. The van der Waals surface area contributed by atoms with Crippen LogP contribution in [0.1, 0.15) is 0 Å². The quantitative estimate of drug-likeness (QED) is 0.387. The van der Waals surface area contributed by atoms with Gasteiger partial charge in [-0.2, -0.15) is 5.10 Å². The number of nitrogens with one attached hydrogen (secondary N) is 2. The fourth-order valence-corrected chi connectivity index (χ4v) is 4.03. The van der Waals surface area contributed by atoms with Gasteiger partial charge in [0, 0.05) is 63.8 Å². The number of H-pyrrole nitrogens is 2. The fraction of sp³-hybridized carbons (Fsp3) is 0.0400. The van der Waals surface area contributed by atoms with E-state index in [4.69, 9.17) is 4.74 Å². The summed E-state index contributed by atoms with van der Waals surface area (Å²) in [5, 5.41) is 9.20. The van der Waals surface area contributed by atoms with Crippen LogP contribution in [0.4, 0.5) is 4.39 Å². The minimum Gasteiger partial charge on any atom is -0.497 e. The fourth-order valence-electron chi connectivity index (χ4n) is 4.03. The molecule has 0 amide bonds. The van der Waals surface area contributed by atoms with Gasteiger partial charge in [0.15, 0.2) is 5.65 Å². The molecule has 8 heteroatoms. The molecular weight excluding hydrogens is 419 g/mol. The van der Waals surface area contributed by atoms with Gasteiger partial charge in [0.1, 0.15) is 11.6 Å². The van der Waals surface area contributed by atoms with Gasteiger partial charge >= 0.3 is 0 Å². The van der Waals surface area contributed by atoms with E-state index in [0.29, 0.717) is 22.7 Å². The lowest BCUT2D eigenvalue weighted by Crippen LogP contribution is -1.89. The van der Waals surface area contributed by atoms with Crippen LogP contribution in [-0.2, 0) is 0 Å². The summed E-state index contributed by atoms with van der Waals surface area (Å²) < 4.78 is 19.4. The van der Waals surface area contributed by atoms with Crippen molar-refractivity contribution in [1.29, 1.82) is 0 Å². The molecule has 33 heavy (non-hydrogen) atoms. The van der Waals surface area contributed by atoms with Gasteiger partial charge in [-0.3, -0.25) is 15.1 Å². The van der Waals surface area contributed by atoms with Crippen LogP contribution in [0.5, 0.6) is 5.75 Å². The maximum atomic E-state index is 14.1. The van der Waals surface area contributed by atoms with E-state index in [2.05, 4.69) is 30.1 Å². The normalized spacial score (nSPS) is 11.3. The Balaban J connectivity index is 1.50. The lowest BCUT2D eigenvalue weighted by atomic mass is 10.1. The van der Waals surface area contributed by atoms with E-state index in [0.717, 1.165) is 38.8 Å². The molecule has 0 bridgehead atoms. The van der Waals surface area contributed by atoms with Gasteiger partial charge in [-0.1, -0.05) is 6.07 Å². The van der Waals surface area contributed by atoms with E-state index in [9.17, 15) is 4.39 Å². The van der Waals surface area contributed by atoms with Gasteiger partial charge in [-0.05, 0) is 36.4 Å². The number of hydrogen-bond acceptors (Lipinski definition) is 5. The van der Waals surface area contributed by atoms with Crippen molar-refractivity contribution in [1.82, 2.24) is 30.1 Å². The van der Waals surface area contributed by atoms with Gasteiger partial charge in [-0.25, -0.2) is 9.37 Å². The standard InChI is InChI=1S/C25H17FN6O/c1-33-18-8-15(7-17(26)10-18)23-19-11-22(30-21(19)4-6-28-23)24-20-9-16(13-29-25(20)32-31-24)14-3-2-5-27-12-14/h2-13,30H,1H3,(H,29,31,32). The van der Waals surface area contributed by atoms with E-state index >= 15 is 0 Å². The van der Waals surface area contributed by atoms with Crippen molar-refractivity contribution >= 4 is 21.9 Å². The Morgan fingerprint density at radius 1 is 0.879 bits per heavy atom. The predicted octanol–water partition coefficient (Wildman–Crippen LogP) is 5.38. The first-order valence-electron chi connectivity index (χ1n) is 10.3. The SMILES string of the molecule is COc1cc(F)cc(-c2nccc3[nH]c(-c4[nH]nc5ncc(-c6cccnc6)cc45)cc23)c1. The number of benzene rings is 1. The largest absolute Gasteiger partial charge is 0.497 e. The number of aromatic nitrogens is 6. The molecule has 0 saturated heterocycles. The summed E-state index contributed by atoms with van der Waals surface area (Å²) in [6, 6.07) is 14.4. The first-order chi connectivity index (χ1) is 16.2. The third-order valence-electron chi connectivity index (χ3n) is 5.60. The van der Waals surface area contributed by atoms with Gasteiger partial charge < -0.3 is 9.72 Å². The third-order valence-corrected chi connectivity index (χ3v) is 5.60. The van der Waals surface area contributed by atoms with Gasteiger partial charge in [0.05, 0.1) is 24.2 Å². The first-order valence-corrected chi connectivity index (χ1v) is 10.3. The molecule has 0 radical (unpaired) electrons. The second-order valence-corrected chi connectivity index (χ2v) is 7.62. The highest BCUT2D eigenvalue weighted by Crippen LogP contribution is 2.34. The molecule has 0 atom stereocenters. The zero-order valence-corrected chi connectivity index (χ0v) is 17.5. The van der Waals surface area contributed by atoms with E-state index < -0.39 is 0 Å². The lowest BCUT2D eigenvalue weighted by molar-refractivity contribution is 0.411. The number of nitrogens with zero attached hydrogens (tertiary/aromatic N) is 4. The maximum absolute atomic E-state index is 14.1. The van der Waals surface area contributed by atoms with E-state index in [1.54, 1.807) is 30.9 Å². The monoisotopic (exact) mass is 436 g/mol. The predicted molar refractivity (Wildman–Crippen MR) is 124 cm³/mol. The molecule has 2 N–H and O–H groups in total. The molecule has 5 aromatic heterocycles. The Morgan fingerprint density at radius 2 is 1.82 bits per heavy atom. The van der Waals surface area contributed by atoms with Crippen molar-refractivity contribution < 1.29 is 9.13 Å². The lowest BCUT2D eigenvalue weighted by Gasteiger charge is -2.06. The molecule has 7 nitrogen and oxygen atoms in total. The highest BCUT2D eigenvalue weighted by atomic mass is 19.1. The van der Waals surface area contributed by atoms with Crippen molar-refractivity contribution in [3.8, 4) is 39.5 Å². The molecular formula is C25H17FN6O. The molecule has 0 aliphatic heterocycles. The Hall–Kier alpha value is -4.59. The summed E-state index contributed by atoms with van der Waals surface area (Å²) in [5.41, 5.74) is 6.34. The number of halogens is 1. The highest BCUT2D eigenvalue weighted by Gasteiger charge is 2.16. The number of methoxy groups -OCH3 is 1. The first kappa shape index (κ1) is 19.1. The molecule has 0 fully saturated rings. The van der Waals surface area contributed by atoms with E-state index in [1.807, 2.05) is 30.3 Å². The molecule has 0 unspecified atom stereocenters. The Bertz CT molecular complexity index is 1620. The van der Waals surface area contributed by atoms with E-state index in [-0.39, 0.29) is 5.82 Å². The molecule has 160 valence electrons. The number of pyridine rings is 3. The molecule has 0 spiro atoms. The molecule has 6 aromatic rings. The number of ether oxygens (including phenoxy) is 1. The summed E-state index contributed by atoms with van der Waals surface area (Å²) in [7, 11) is 1.51. The minimum atomic E-state index is -0.382. The van der Waals surface area contributed by atoms with Crippen molar-refractivity contribution in [2.75, 3.05) is 7.11 Å². The summed E-state index contributed by atoms with van der Waals surface area (Å²) >= 11 is 0. The Labute approximate surface area is 187 Å². The summed E-state index contributed by atoms with van der Waals surface area (Å²) in [6.45, 7) is 0. The maximum Gasteiger partial charge on any atom is 0.181 e. The average Bonchev–Trinajstić information content (AvgIpc) is 3.47. The zero-order chi connectivity index (χ0) is 22.4. The van der Waals surface area contributed by atoms with Gasteiger partial charge in [-0.15, -0.1) is 0 Å². The van der Waals surface area contributed by atoms with Crippen molar-refractivity contribution in [3.63, 3.8) is 0 Å². The molecule has 1 aromatic carbocycles. The number of hydrogen-bond donors (Lipinski definition) is 2. The second kappa shape index (κ2) is 7.52. The van der Waals surface area contributed by atoms with Crippen molar-refractivity contribution in [2.24, 2.45) is 0 Å². The van der Waals surface area contributed by atoms with Gasteiger partial charge in [0.2, 0.25) is 0 Å². The topological polar surface area (TPSA) is 92.4 Å². The third kappa shape index (κ3) is 3.28. The Kier molecular flexibility index (Phi) is 4.36. The molecule has 5 heterocycles. The highest BCUT2D eigenvalue weighted by molar-refractivity contribution is 6.00. The van der Waals surface area contributed by atoms with Crippen LogP contribution < -0.4 is 4.74 Å². The molecule has 0 aliphatic carbocycles. The van der Waals surface area contributed by atoms with Crippen LogP contribution >= 0.6 is 0 Å². The van der Waals surface area contributed by atoms with Crippen molar-refractivity contribution in [2.45, 2.75) is 0 Å². The van der Waals surface area contributed by atoms with Crippen LogP contribution in [0.3, 0.4) is 0 Å². The zero-order valence-electron chi connectivity index (χ0n) is 17.5. The minimum absolute atomic E-state index is 0.382. The number of fused-ring (bicyclic) bond motifs is 2. The van der Waals surface area contributed by atoms with E-state index in [1.165, 1.54) is 19.2 Å².